The van der Waals surface area contributed by atoms with Gasteiger partial charge in [0.25, 0.3) is 6.30 Å². The molecule has 1 aromatic carbocycles. The molecule has 0 fully saturated rings. The molecule has 1 heterocycles. The van der Waals surface area contributed by atoms with Crippen molar-refractivity contribution in [2.24, 2.45) is 0 Å². The van der Waals surface area contributed by atoms with Crippen LogP contribution in [0.5, 0.6) is 0 Å². The van der Waals surface area contributed by atoms with Gasteiger partial charge in [-0.15, -0.1) is 0 Å². The normalized spacial score (nSPS) is 12.4. The van der Waals surface area contributed by atoms with E-state index in [0.29, 0.717) is 10.7 Å². The summed E-state index contributed by atoms with van der Waals surface area (Å²) in [5.41, 5.74) is -0.271. The Balaban J connectivity index is 2.28. The summed E-state index contributed by atoms with van der Waals surface area (Å²) in [6, 6.07) is 2.40. The highest BCUT2D eigenvalue weighted by Crippen LogP contribution is 2.16. The predicted molar refractivity (Wildman–Crippen MR) is 50.9 cm³/mol. The number of halogens is 3. The lowest BCUT2D eigenvalue weighted by Gasteiger charge is -2.06. The topological polar surface area (TPSA) is 47.8 Å². The van der Waals surface area contributed by atoms with Crippen LogP contribution in [-0.2, 0) is 0 Å². The first-order chi connectivity index (χ1) is 8.09. The van der Waals surface area contributed by atoms with E-state index in [4.69, 9.17) is 0 Å². The fourth-order valence-corrected chi connectivity index (χ4v) is 1.24. The van der Waals surface area contributed by atoms with Gasteiger partial charge in [-0.1, -0.05) is 0 Å². The van der Waals surface area contributed by atoms with Gasteiger partial charge in [-0.05, 0) is 18.2 Å². The highest BCUT2D eigenvalue weighted by molar-refractivity contribution is 5.98. The van der Waals surface area contributed by atoms with E-state index in [9.17, 15) is 18.0 Å². The van der Waals surface area contributed by atoms with E-state index in [0.717, 1.165) is 24.8 Å². The van der Waals surface area contributed by atoms with Crippen LogP contribution in [0.4, 0.5) is 13.2 Å². The Morgan fingerprint density at radius 1 is 1.29 bits per heavy atom. The molecule has 0 aliphatic carbocycles. The molecule has 0 amide bonds. The largest absolute Gasteiger partial charge is 0.289 e. The van der Waals surface area contributed by atoms with Crippen molar-refractivity contribution in [2.75, 3.05) is 0 Å². The Bertz CT molecular complexity index is 542. The summed E-state index contributed by atoms with van der Waals surface area (Å²) >= 11 is 0. The fourth-order valence-electron chi connectivity index (χ4n) is 1.24. The summed E-state index contributed by atoms with van der Waals surface area (Å²) in [6.07, 6.45) is -0.0320. The Kier molecular flexibility index (Phi) is 2.90. The number of nitrogens with zero attached hydrogens (tertiary/aromatic N) is 3. The zero-order valence-corrected chi connectivity index (χ0v) is 8.35. The SMILES string of the molecule is O=C(c1ccc(F)c(F)c1)C(F)n1cncn1. The van der Waals surface area contributed by atoms with E-state index in [1.54, 1.807) is 0 Å². The quantitative estimate of drug-likeness (QED) is 0.771. The molecular weight excluding hydrogens is 235 g/mol. The molecule has 88 valence electrons. The molecule has 0 aliphatic heterocycles. The van der Waals surface area contributed by atoms with E-state index in [1.807, 2.05) is 0 Å². The summed E-state index contributed by atoms with van der Waals surface area (Å²) < 4.78 is 39.7. The van der Waals surface area contributed by atoms with Gasteiger partial charge in [-0.2, -0.15) is 5.10 Å². The predicted octanol–water partition coefficient (Wildman–Crippen LogP) is 1.91. The van der Waals surface area contributed by atoms with Crippen molar-refractivity contribution in [3.63, 3.8) is 0 Å². The van der Waals surface area contributed by atoms with Crippen molar-refractivity contribution in [1.82, 2.24) is 14.8 Å². The minimum atomic E-state index is -2.11. The summed E-state index contributed by atoms with van der Waals surface area (Å²) in [6.45, 7) is 0. The van der Waals surface area contributed by atoms with Crippen molar-refractivity contribution in [1.29, 1.82) is 0 Å². The number of aromatic nitrogens is 3. The van der Waals surface area contributed by atoms with Crippen LogP contribution in [-0.4, -0.2) is 20.5 Å². The van der Waals surface area contributed by atoms with Gasteiger partial charge in [-0.3, -0.25) is 4.79 Å². The number of carbonyl (C=O) groups excluding carboxylic acids is 1. The van der Waals surface area contributed by atoms with Crippen molar-refractivity contribution in [3.05, 3.63) is 48.1 Å². The zero-order chi connectivity index (χ0) is 12.4. The first-order valence-corrected chi connectivity index (χ1v) is 4.57. The van der Waals surface area contributed by atoms with Crippen LogP contribution in [0.3, 0.4) is 0 Å². The maximum Gasteiger partial charge on any atom is 0.255 e. The minimum absolute atomic E-state index is 0.271. The van der Waals surface area contributed by atoms with Crippen molar-refractivity contribution in [3.8, 4) is 0 Å². The third-order valence-corrected chi connectivity index (χ3v) is 2.09. The summed E-state index contributed by atoms with van der Waals surface area (Å²) in [5, 5.41) is 3.44. The molecule has 0 spiro atoms. The van der Waals surface area contributed by atoms with Crippen molar-refractivity contribution < 1.29 is 18.0 Å². The van der Waals surface area contributed by atoms with Gasteiger partial charge in [0.15, 0.2) is 11.6 Å². The van der Waals surface area contributed by atoms with Gasteiger partial charge < -0.3 is 0 Å². The maximum absolute atomic E-state index is 13.6. The van der Waals surface area contributed by atoms with Crippen LogP contribution in [0.15, 0.2) is 30.9 Å². The standard InChI is InChI=1S/C10H6F3N3O/c11-7-2-1-6(3-8(7)12)9(17)10(13)16-5-14-4-15-16/h1-5,10H. The first kappa shape index (κ1) is 11.3. The van der Waals surface area contributed by atoms with Gasteiger partial charge in [0.05, 0.1) is 0 Å². The summed E-state index contributed by atoms with van der Waals surface area (Å²) in [7, 11) is 0. The first-order valence-electron chi connectivity index (χ1n) is 4.57. The molecule has 7 heteroatoms. The fraction of sp³-hybridized carbons (Fsp3) is 0.100. The molecule has 1 unspecified atom stereocenters. The second-order valence-electron chi connectivity index (χ2n) is 3.20. The van der Waals surface area contributed by atoms with Crippen LogP contribution < -0.4 is 0 Å². The number of hydrogen-bond acceptors (Lipinski definition) is 3. The molecule has 0 bridgehead atoms. The molecule has 0 aliphatic rings. The number of Topliss-reactive ketones (excluding diaryl/α,β-unsaturated/α-hetero) is 1. The average molecular weight is 241 g/mol. The number of alkyl halides is 1. The van der Waals surface area contributed by atoms with E-state index in [-0.39, 0.29) is 5.56 Å². The van der Waals surface area contributed by atoms with E-state index >= 15 is 0 Å². The van der Waals surface area contributed by atoms with E-state index in [1.165, 1.54) is 0 Å². The second kappa shape index (κ2) is 4.36. The highest BCUT2D eigenvalue weighted by atomic mass is 19.2. The van der Waals surface area contributed by atoms with Crippen LogP contribution in [0.2, 0.25) is 0 Å². The number of rotatable bonds is 3. The summed E-state index contributed by atoms with van der Waals surface area (Å²) in [4.78, 5) is 15.0. The van der Waals surface area contributed by atoms with Crippen LogP contribution in [0.25, 0.3) is 0 Å². The molecule has 2 aromatic rings. The van der Waals surface area contributed by atoms with Crippen LogP contribution >= 0.6 is 0 Å². The Labute approximate surface area is 93.7 Å². The van der Waals surface area contributed by atoms with Gasteiger partial charge >= 0.3 is 0 Å². The monoisotopic (exact) mass is 241 g/mol. The molecule has 4 nitrogen and oxygen atoms in total. The number of hydrogen-bond donors (Lipinski definition) is 0. The second-order valence-corrected chi connectivity index (χ2v) is 3.20. The molecule has 2 rings (SSSR count). The Hall–Kier alpha value is -2.18. The maximum atomic E-state index is 13.6. The number of benzene rings is 1. The Morgan fingerprint density at radius 3 is 2.65 bits per heavy atom. The lowest BCUT2D eigenvalue weighted by molar-refractivity contribution is 0.0778. The zero-order valence-electron chi connectivity index (χ0n) is 8.35. The van der Waals surface area contributed by atoms with E-state index in [2.05, 4.69) is 10.1 Å². The molecule has 0 saturated carbocycles. The van der Waals surface area contributed by atoms with Gasteiger partial charge in [0.1, 0.15) is 12.7 Å². The third-order valence-electron chi connectivity index (χ3n) is 2.09. The lowest BCUT2D eigenvalue weighted by atomic mass is 10.1. The van der Waals surface area contributed by atoms with Gasteiger partial charge in [-0.25, -0.2) is 22.8 Å². The van der Waals surface area contributed by atoms with Gasteiger partial charge in [0, 0.05) is 5.56 Å². The smallest absolute Gasteiger partial charge is 0.255 e. The van der Waals surface area contributed by atoms with Crippen molar-refractivity contribution in [2.45, 2.75) is 6.30 Å². The molecule has 0 saturated heterocycles. The molecule has 17 heavy (non-hydrogen) atoms. The van der Waals surface area contributed by atoms with Gasteiger partial charge in [0.2, 0.25) is 5.78 Å². The van der Waals surface area contributed by atoms with Crippen LogP contribution in [0, 0.1) is 11.6 Å². The highest BCUT2D eigenvalue weighted by Gasteiger charge is 2.22. The minimum Gasteiger partial charge on any atom is -0.289 e. The third kappa shape index (κ3) is 2.17. The molecule has 1 atom stereocenters. The molecule has 0 radical (unpaired) electrons. The lowest BCUT2D eigenvalue weighted by Crippen LogP contribution is -2.16. The molecular formula is C10H6F3N3O. The van der Waals surface area contributed by atoms with Crippen molar-refractivity contribution >= 4 is 5.78 Å². The molecule has 1 aromatic heterocycles. The molecule has 0 N–H and O–H groups in total. The van der Waals surface area contributed by atoms with E-state index < -0.39 is 23.7 Å². The summed E-state index contributed by atoms with van der Waals surface area (Å²) in [5.74, 6) is -3.33. The number of ketones is 1. The van der Waals surface area contributed by atoms with Crippen LogP contribution in [0.1, 0.15) is 16.7 Å². The average Bonchev–Trinajstić information content (AvgIpc) is 2.84. The number of carbonyl (C=O) groups is 1. The Morgan fingerprint density at radius 2 is 2.06 bits per heavy atom.